The predicted molar refractivity (Wildman–Crippen MR) is 67.8 cm³/mol. The summed E-state index contributed by atoms with van der Waals surface area (Å²) in [6.07, 6.45) is 3.21. The number of nitrogens with two attached hydrogens (primary N) is 2. The molecule has 0 bridgehead atoms. The van der Waals surface area contributed by atoms with E-state index in [0.717, 1.165) is 0 Å². The van der Waals surface area contributed by atoms with E-state index in [1.807, 2.05) is 0 Å². The second kappa shape index (κ2) is 5.16. The maximum Gasteiger partial charge on any atom is 0.257 e. The lowest BCUT2D eigenvalue weighted by molar-refractivity contribution is 0.598. The average molecular weight is 284 g/mol. The third kappa shape index (κ3) is 3.86. The first-order valence-corrected chi connectivity index (χ1v) is 6.91. The van der Waals surface area contributed by atoms with Gasteiger partial charge in [0.25, 0.3) is 5.95 Å². The molecule has 5 N–H and O–H groups in total. The minimum atomic E-state index is -3.54. The van der Waals surface area contributed by atoms with Gasteiger partial charge in [0, 0.05) is 18.9 Å². The molecule has 0 unspecified atom stereocenters. The number of nitrogens with zero attached hydrogens (tertiary/aromatic N) is 5. The van der Waals surface area contributed by atoms with Gasteiger partial charge in [-0.05, 0) is 6.07 Å². The zero-order valence-corrected chi connectivity index (χ0v) is 10.6. The highest BCUT2D eigenvalue weighted by Gasteiger charge is 2.07. The molecule has 0 aromatic carbocycles. The first-order valence-electron chi connectivity index (χ1n) is 5.20. The summed E-state index contributed by atoms with van der Waals surface area (Å²) in [4.78, 5) is 11.8. The van der Waals surface area contributed by atoms with E-state index in [9.17, 15) is 8.42 Å². The van der Waals surface area contributed by atoms with E-state index >= 15 is 0 Å². The summed E-state index contributed by atoms with van der Waals surface area (Å²) < 4.78 is 23.0. The van der Waals surface area contributed by atoms with Gasteiger partial charge in [-0.25, -0.2) is 18.2 Å². The average Bonchev–Trinajstić information content (AvgIpc) is 2.79. The summed E-state index contributed by atoms with van der Waals surface area (Å²) in [6, 6.07) is 1.70. The molecule has 0 spiro atoms. The Labute approximate surface area is 108 Å². The molecule has 0 aliphatic rings. The van der Waals surface area contributed by atoms with Crippen molar-refractivity contribution >= 4 is 21.9 Å². The monoisotopic (exact) mass is 284 g/mol. The van der Waals surface area contributed by atoms with Gasteiger partial charge >= 0.3 is 0 Å². The quantitative estimate of drug-likeness (QED) is 0.589. The number of sulfonamides is 1. The zero-order valence-electron chi connectivity index (χ0n) is 9.76. The minimum Gasteiger partial charge on any atom is -0.368 e. The van der Waals surface area contributed by atoms with Crippen molar-refractivity contribution in [3.8, 4) is 5.95 Å². The Morgan fingerprint density at radius 1 is 1.32 bits per heavy atom. The topological polar surface area (TPSA) is 155 Å². The Hall–Kier alpha value is -2.27. The summed E-state index contributed by atoms with van der Waals surface area (Å²) in [5, 5.41) is 11.5. The van der Waals surface area contributed by atoms with Gasteiger partial charge < -0.3 is 11.1 Å². The fraction of sp³-hybridized carbons (Fsp3) is 0.250. The van der Waals surface area contributed by atoms with Crippen LogP contribution in [0.3, 0.4) is 0 Å². The zero-order chi connectivity index (χ0) is 13.9. The molecule has 0 fully saturated rings. The highest BCUT2D eigenvalue weighted by atomic mass is 32.2. The third-order valence-corrected chi connectivity index (χ3v) is 2.79. The summed E-state index contributed by atoms with van der Waals surface area (Å²) in [7, 11) is -3.54. The fourth-order valence-electron chi connectivity index (χ4n) is 1.25. The van der Waals surface area contributed by atoms with Crippen LogP contribution in [0.1, 0.15) is 0 Å². The van der Waals surface area contributed by atoms with Gasteiger partial charge in [0.15, 0.2) is 0 Å². The smallest absolute Gasteiger partial charge is 0.257 e. The van der Waals surface area contributed by atoms with Crippen LogP contribution in [0.15, 0.2) is 18.5 Å². The number of nitrogens with one attached hydrogen (secondary N) is 1. The van der Waals surface area contributed by atoms with Crippen LogP contribution in [0.5, 0.6) is 0 Å². The van der Waals surface area contributed by atoms with Crippen molar-refractivity contribution in [3.05, 3.63) is 18.5 Å². The molecule has 0 saturated carbocycles. The minimum absolute atomic E-state index is 0.00129. The van der Waals surface area contributed by atoms with Crippen LogP contribution in [-0.2, 0) is 10.0 Å². The first-order chi connectivity index (χ1) is 8.94. The van der Waals surface area contributed by atoms with E-state index < -0.39 is 10.0 Å². The lowest BCUT2D eigenvalue weighted by Gasteiger charge is -2.06. The molecular weight excluding hydrogens is 272 g/mol. The van der Waals surface area contributed by atoms with Crippen molar-refractivity contribution in [3.63, 3.8) is 0 Å². The van der Waals surface area contributed by atoms with Crippen LogP contribution >= 0.6 is 0 Å². The van der Waals surface area contributed by atoms with E-state index in [4.69, 9.17) is 10.9 Å². The summed E-state index contributed by atoms with van der Waals surface area (Å²) in [5.74, 6) is 0.145. The van der Waals surface area contributed by atoms with Gasteiger partial charge in [-0.1, -0.05) is 0 Å². The molecule has 2 aromatic rings. The number of primary sulfonamides is 1. The molecule has 0 atom stereocenters. The SMILES string of the molecule is Nc1nc(NCCS(N)(=O)=O)nc(-n2cccn2)n1. The Morgan fingerprint density at radius 2 is 2.11 bits per heavy atom. The number of anilines is 2. The van der Waals surface area contributed by atoms with Crippen molar-refractivity contribution in [1.29, 1.82) is 0 Å². The molecular formula is C8H12N8O2S. The largest absolute Gasteiger partial charge is 0.368 e. The van der Waals surface area contributed by atoms with E-state index in [-0.39, 0.29) is 30.1 Å². The number of hydrogen-bond acceptors (Lipinski definition) is 8. The highest BCUT2D eigenvalue weighted by molar-refractivity contribution is 7.89. The van der Waals surface area contributed by atoms with Crippen LogP contribution in [0.2, 0.25) is 0 Å². The van der Waals surface area contributed by atoms with Crippen molar-refractivity contribution in [1.82, 2.24) is 24.7 Å². The number of aromatic nitrogens is 5. The predicted octanol–water partition coefficient (Wildman–Crippen LogP) is -1.66. The summed E-state index contributed by atoms with van der Waals surface area (Å²) >= 11 is 0. The Morgan fingerprint density at radius 3 is 2.74 bits per heavy atom. The van der Waals surface area contributed by atoms with E-state index in [0.29, 0.717) is 0 Å². The molecule has 11 heteroatoms. The molecule has 0 radical (unpaired) electrons. The van der Waals surface area contributed by atoms with Crippen molar-refractivity contribution in [2.75, 3.05) is 23.3 Å². The van der Waals surface area contributed by atoms with Crippen molar-refractivity contribution in [2.45, 2.75) is 0 Å². The molecule has 0 aliphatic carbocycles. The van der Waals surface area contributed by atoms with Crippen LogP contribution < -0.4 is 16.2 Å². The lowest BCUT2D eigenvalue weighted by Crippen LogP contribution is -2.23. The summed E-state index contributed by atoms with van der Waals surface area (Å²) in [5.41, 5.74) is 5.54. The van der Waals surface area contributed by atoms with Crippen molar-refractivity contribution in [2.24, 2.45) is 5.14 Å². The second-order valence-corrected chi connectivity index (χ2v) is 5.30. The van der Waals surface area contributed by atoms with Crippen molar-refractivity contribution < 1.29 is 8.42 Å². The molecule has 0 aliphatic heterocycles. The third-order valence-electron chi connectivity index (χ3n) is 2.02. The van der Waals surface area contributed by atoms with E-state index in [2.05, 4.69) is 25.4 Å². The molecule has 2 aromatic heterocycles. The Bertz CT molecular complexity index is 653. The highest BCUT2D eigenvalue weighted by Crippen LogP contribution is 2.05. The van der Waals surface area contributed by atoms with Gasteiger partial charge in [-0.15, -0.1) is 0 Å². The molecule has 2 rings (SSSR count). The van der Waals surface area contributed by atoms with Gasteiger partial charge in [0.2, 0.25) is 21.9 Å². The lowest BCUT2D eigenvalue weighted by atomic mass is 10.7. The molecule has 10 nitrogen and oxygen atoms in total. The number of rotatable bonds is 5. The van der Waals surface area contributed by atoms with E-state index in [1.54, 1.807) is 18.5 Å². The normalized spacial score (nSPS) is 11.4. The van der Waals surface area contributed by atoms with Crippen LogP contribution in [0.25, 0.3) is 5.95 Å². The molecule has 2 heterocycles. The second-order valence-electron chi connectivity index (χ2n) is 3.56. The maximum atomic E-state index is 10.8. The summed E-state index contributed by atoms with van der Waals surface area (Å²) in [6.45, 7) is 0.0703. The Kier molecular flexibility index (Phi) is 3.57. The van der Waals surface area contributed by atoms with Crippen LogP contribution in [0.4, 0.5) is 11.9 Å². The maximum absolute atomic E-state index is 10.8. The molecule has 0 saturated heterocycles. The van der Waals surface area contributed by atoms with E-state index in [1.165, 1.54) is 4.68 Å². The molecule has 0 amide bonds. The van der Waals surface area contributed by atoms with Gasteiger partial charge in [0.05, 0.1) is 5.75 Å². The van der Waals surface area contributed by atoms with Gasteiger partial charge in [0.1, 0.15) is 0 Å². The molecule has 19 heavy (non-hydrogen) atoms. The Balaban J connectivity index is 2.14. The van der Waals surface area contributed by atoms with Gasteiger partial charge in [-0.2, -0.15) is 20.1 Å². The standard InChI is InChI=1S/C8H12N8O2S/c9-6-13-7(11-3-5-19(10,17)18)15-8(14-6)16-4-1-2-12-16/h1-2,4H,3,5H2,(H2,10,17,18)(H3,9,11,13,14,15). The van der Waals surface area contributed by atoms with Crippen LogP contribution in [-0.4, -0.2) is 45.4 Å². The van der Waals surface area contributed by atoms with Gasteiger partial charge in [-0.3, -0.25) is 0 Å². The number of nitrogen functional groups attached to an aromatic ring is 1. The van der Waals surface area contributed by atoms with Crippen LogP contribution in [0, 0.1) is 0 Å². The fourth-order valence-corrected chi connectivity index (χ4v) is 1.64. The molecule has 102 valence electrons. The first kappa shape index (κ1) is 13.2. The number of hydrogen-bond donors (Lipinski definition) is 3.